The molecule has 3 heteroatoms. The van der Waals surface area contributed by atoms with Crippen LogP contribution in [0.15, 0.2) is 0 Å². The van der Waals surface area contributed by atoms with Crippen LogP contribution < -0.4 is 0 Å². The van der Waals surface area contributed by atoms with Crippen molar-refractivity contribution in [3.63, 3.8) is 0 Å². The molecular formula is C11H21NO2. The Bertz CT molecular complexity index is 174. The lowest BCUT2D eigenvalue weighted by Crippen LogP contribution is -2.33. The van der Waals surface area contributed by atoms with Gasteiger partial charge in [-0.2, -0.15) is 0 Å². The van der Waals surface area contributed by atoms with Crippen molar-refractivity contribution in [3.05, 3.63) is 0 Å². The summed E-state index contributed by atoms with van der Waals surface area (Å²) in [5, 5.41) is 0. The van der Waals surface area contributed by atoms with Gasteiger partial charge in [-0.3, -0.25) is 9.69 Å². The molecule has 0 N–H and O–H groups in total. The van der Waals surface area contributed by atoms with E-state index in [1.54, 1.807) is 0 Å². The third-order valence-corrected chi connectivity index (χ3v) is 2.57. The molecule has 0 spiro atoms. The van der Waals surface area contributed by atoms with Crippen LogP contribution in [0.4, 0.5) is 0 Å². The smallest absolute Gasteiger partial charge is 0.308 e. The molecule has 82 valence electrons. The van der Waals surface area contributed by atoms with Crippen molar-refractivity contribution in [1.29, 1.82) is 0 Å². The van der Waals surface area contributed by atoms with Gasteiger partial charge in [-0.15, -0.1) is 0 Å². The highest BCUT2D eigenvalue weighted by molar-refractivity contribution is 5.71. The third kappa shape index (κ3) is 4.09. The third-order valence-electron chi connectivity index (χ3n) is 2.57. The number of ether oxygens (including phenoxy) is 1. The maximum atomic E-state index is 11.1. The number of piperidine rings is 1. The Labute approximate surface area is 86.4 Å². The fourth-order valence-electron chi connectivity index (χ4n) is 1.63. The zero-order valence-electron chi connectivity index (χ0n) is 9.29. The van der Waals surface area contributed by atoms with Gasteiger partial charge in [0, 0.05) is 6.54 Å². The van der Waals surface area contributed by atoms with Gasteiger partial charge in [-0.25, -0.2) is 0 Å². The fourth-order valence-corrected chi connectivity index (χ4v) is 1.63. The van der Waals surface area contributed by atoms with Gasteiger partial charge in [0.05, 0.1) is 5.92 Å². The van der Waals surface area contributed by atoms with Gasteiger partial charge in [0.2, 0.25) is 0 Å². The molecule has 0 radical (unpaired) electrons. The van der Waals surface area contributed by atoms with E-state index < -0.39 is 0 Å². The summed E-state index contributed by atoms with van der Waals surface area (Å²) in [5.41, 5.74) is 0. The molecule has 3 nitrogen and oxygen atoms in total. The first-order valence-electron chi connectivity index (χ1n) is 5.59. The quantitative estimate of drug-likeness (QED) is 0.645. The first kappa shape index (κ1) is 11.5. The van der Waals surface area contributed by atoms with Gasteiger partial charge in [0.25, 0.3) is 0 Å². The summed E-state index contributed by atoms with van der Waals surface area (Å²) in [7, 11) is 0. The Morgan fingerprint density at radius 2 is 1.93 bits per heavy atom. The number of hydrogen-bond donors (Lipinski definition) is 0. The lowest BCUT2D eigenvalue weighted by atomic mass is 10.1. The van der Waals surface area contributed by atoms with E-state index in [1.807, 2.05) is 13.8 Å². The van der Waals surface area contributed by atoms with Gasteiger partial charge < -0.3 is 4.74 Å². The van der Waals surface area contributed by atoms with Crippen molar-refractivity contribution >= 4 is 5.97 Å². The summed E-state index contributed by atoms with van der Waals surface area (Å²) in [4.78, 5) is 13.5. The van der Waals surface area contributed by atoms with Crippen LogP contribution in [0.3, 0.4) is 0 Å². The number of rotatable bonds is 4. The van der Waals surface area contributed by atoms with E-state index in [9.17, 15) is 4.79 Å². The molecule has 0 saturated carbocycles. The summed E-state index contributed by atoms with van der Waals surface area (Å²) >= 11 is 0. The Hall–Kier alpha value is -0.570. The van der Waals surface area contributed by atoms with Crippen LogP contribution in [-0.2, 0) is 9.53 Å². The second-order valence-corrected chi connectivity index (χ2v) is 4.22. The molecular weight excluding hydrogens is 178 g/mol. The van der Waals surface area contributed by atoms with Crippen molar-refractivity contribution in [2.45, 2.75) is 33.1 Å². The van der Waals surface area contributed by atoms with Gasteiger partial charge in [0.1, 0.15) is 6.61 Å². The highest BCUT2D eigenvalue weighted by Gasteiger charge is 2.11. The highest BCUT2D eigenvalue weighted by Crippen LogP contribution is 2.07. The fraction of sp³-hybridized carbons (Fsp3) is 0.909. The molecule has 0 aromatic heterocycles. The number of likely N-dealkylation sites (tertiary alicyclic amines) is 1. The maximum absolute atomic E-state index is 11.1. The van der Waals surface area contributed by atoms with Crippen LogP contribution in [0.25, 0.3) is 0 Å². The Kier molecular flexibility index (Phi) is 4.94. The number of hydrogen-bond acceptors (Lipinski definition) is 3. The average Bonchev–Trinajstić information content (AvgIpc) is 2.19. The number of esters is 1. The molecule has 1 fully saturated rings. The molecule has 0 atom stereocenters. The Balaban J connectivity index is 2.05. The maximum Gasteiger partial charge on any atom is 0.308 e. The summed E-state index contributed by atoms with van der Waals surface area (Å²) < 4.78 is 5.13. The predicted octanol–water partition coefficient (Wildman–Crippen LogP) is 1.67. The summed E-state index contributed by atoms with van der Waals surface area (Å²) in [6, 6.07) is 0. The monoisotopic (exact) mass is 199 g/mol. The van der Waals surface area contributed by atoms with Gasteiger partial charge in [0.15, 0.2) is 0 Å². The minimum Gasteiger partial charge on any atom is -0.464 e. The van der Waals surface area contributed by atoms with Crippen LogP contribution in [0.1, 0.15) is 33.1 Å². The number of carbonyl (C=O) groups excluding carboxylic acids is 1. The van der Waals surface area contributed by atoms with Crippen LogP contribution in [0.2, 0.25) is 0 Å². The molecule has 14 heavy (non-hydrogen) atoms. The minimum atomic E-state index is -0.0815. The molecule has 0 aromatic carbocycles. The van der Waals surface area contributed by atoms with E-state index in [-0.39, 0.29) is 11.9 Å². The van der Waals surface area contributed by atoms with Crippen molar-refractivity contribution in [2.24, 2.45) is 5.92 Å². The number of nitrogens with zero attached hydrogens (tertiary/aromatic N) is 1. The predicted molar refractivity (Wildman–Crippen MR) is 56.1 cm³/mol. The van der Waals surface area contributed by atoms with Gasteiger partial charge >= 0.3 is 5.97 Å². The lowest BCUT2D eigenvalue weighted by Gasteiger charge is -2.26. The molecule has 1 aliphatic heterocycles. The Morgan fingerprint density at radius 3 is 2.50 bits per heavy atom. The molecule has 1 heterocycles. The molecule has 1 rings (SSSR count). The molecule has 0 aromatic rings. The lowest BCUT2D eigenvalue weighted by molar-refractivity contribution is -0.147. The topological polar surface area (TPSA) is 29.5 Å². The van der Waals surface area contributed by atoms with E-state index in [1.165, 1.54) is 32.4 Å². The summed E-state index contributed by atoms with van der Waals surface area (Å²) in [6.07, 6.45) is 3.93. The Morgan fingerprint density at radius 1 is 1.29 bits per heavy atom. The summed E-state index contributed by atoms with van der Waals surface area (Å²) in [5.74, 6) is -0.0848. The van der Waals surface area contributed by atoms with Crippen molar-refractivity contribution in [3.8, 4) is 0 Å². The van der Waals surface area contributed by atoms with Crippen molar-refractivity contribution in [1.82, 2.24) is 4.90 Å². The minimum absolute atomic E-state index is 0.00337. The molecule has 1 aliphatic rings. The SMILES string of the molecule is CC(C)C(=O)OCCN1CCCCC1. The highest BCUT2D eigenvalue weighted by atomic mass is 16.5. The van der Waals surface area contributed by atoms with Crippen LogP contribution >= 0.6 is 0 Å². The van der Waals surface area contributed by atoms with Crippen LogP contribution in [0, 0.1) is 5.92 Å². The first-order chi connectivity index (χ1) is 6.70. The standard InChI is InChI=1S/C11H21NO2/c1-10(2)11(13)14-9-8-12-6-4-3-5-7-12/h10H,3-9H2,1-2H3. The van der Waals surface area contributed by atoms with Crippen LogP contribution in [0.5, 0.6) is 0 Å². The molecule has 1 saturated heterocycles. The second-order valence-electron chi connectivity index (χ2n) is 4.22. The van der Waals surface area contributed by atoms with Gasteiger partial charge in [-0.1, -0.05) is 20.3 Å². The first-order valence-corrected chi connectivity index (χ1v) is 5.59. The molecule has 0 aliphatic carbocycles. The largest absolute Gasteiger partial charge is 0.464 e. The van der Waals surface area contributed by atoms with E-state index in [0.29, 0.717) is 6.61 Å². The van der Waals surface area contributed by atoms with Gasteiger partial charge in [-0.05, 0) is 25.9 Å². The molecule has 0 amide bonds. The average molecular weight is 199 g/mol. The normalized spacial score (nSPS) is 18.5. The van der Waals surface area contributed by atoms with Crippen molar-refractivity contribution in [2.75, 3.05) is 26.2 Å². The molecule has 0 bridgehead atoms. The molecule has 0 unspecified atom stereocenters. The zero-order valence-corrected chi connectivity index (χ0v) is 9.29. The second kappa shape index (κ2) is 6.02. The van der Waals surface area contributed by atoms with E-state index >= 15 is 0 Å². The number of carbonyl (C=O) groups is 1. The zero-order chi connectivity index (χ0) is 10.4. The van der Waals surface area contributed by atoms with E-state index in [0.717, 1.165) is 6.54 Å². The van der Waals surface area contributed by atoms with E-state index in [2.05, 4.69) is 4.90 Å². The van der Waals surface area contributed by atoms with E-state index in [4.69, 9.17) is 4.74 Å². The van der Waals surface area contributed by atoms with Crippen molar-refractivity contribution < 1.29 is 9.53 Å². The summed E-state index contributed by atoms with van der Waals surface area (Å²) in [6.45, 7) is 7.51. The van der Waals surface area contributed by atoms with Crippen LogP contribution in [-0.4, -0.2) is 37.1 Å².